The van der Waals surface area contributed by atoms with Crippen molar-refractivity contribution in [1.82, 2.24) is 25.3 Å². The number of fused-ring (bicyclic) bond motifs is 1. The zero-order valence-electron chi connectivity index (χ0n) is 18.7. The van der Waals surface area contributed by atoms with E-state index in [1.807, 2.05) is 24.3 Å². The van der Waals surface area contributed by atoms with Gasteiger partial charge in [-0.15, -0.1) is 0 Å². The van der Waals surface area contributed by atoms with E-state index in [1.54, 1.807) is 21.1 Å². The van der Waals surface area contributed by atoms with E-state index in [0.717, 1.165) is 31.2 Å². The van der Waals surface area contributed by atoms with Gasteiger partial charge in [0, 0.05) is 25.7 Å². The number of nitrogens with one attached hydrogen (secondary N) is 2. The molecule has 1 aliphatic carbocycles. The molecule has 1 aromatic heterocycles. The number of hydrogen-bond donors (Lipinski definition) is 2. The molecule has 0 saturated heterocycles. The van der Waals surface area contributed by atoms with Crippen molar-refractivity contribution < 1.29 is 19.1 Å². The minimum Gasteiger partial charge on any atom is -0.497 e. The highest BCUT2D eigenvalue weighted by atomic mass is 16.5. The molecular formula is C23H29N5O4. The largest absolute Gasteiger partial charge is 0.497 e. The third kappa shape index (κ3) is 4.06. The second-order valence-electron chi connectivity index (χ2n) is 8.70. The van der Waals surface area contributed by atoms with Gasteiger partial charge in [-0.3, -0.25) is 19.1 Å². The number of carbonyl (C=O) groups excluding carboxylic acids is 3. The maximum Gasteiger partial charge on any atom is 0.272 e. The molecule has 170 valence electrons. The standard InChI is InChI=1S/C23H29N5O4/c1-23(22(31)25-16-8-4-5-9-16)14-28-19(21(30)27(23)2)12-18(26-28)20(29)24-13-15-7-6-10-17(11-15)32-3/h6-7,10-12,16H,4-5,8-9,13-14H2,1-3H3,(H,24,29)(H,25,31)/t23-/m0/s1. The number of nitrogens with zero attached hydrogens (tertiary/aromatic N) is 3. The second-order valence-corrected chi connectivity index (χ2v) is 8.70. The lowest BCUT2D eigenvalue weighted by Crippen LogP contribution is -2.63. The van der Waals surface area contributed by atoms with Gasteiger partial charge >= 0.3 is 0 Å². The number of ether oxygens (including phenoxy) is 1. The van der Waals surface area contributed by atoms with Gasteiger partial charge in [-0.25, -0.2) is 0 Å². The zero-order chi connectivity index (χ0) is 22.9. The van der Waals surface area contributed by atoms with E-state index in [0.29, 0.717) is 18.0 Å². The lowest BCUT2D eigenvalue weighted by Gasteiger charge is -2.41. The number of benzene rings is 1. The SMILES string of the molecule is COc1cccc(CNC(=O)c2cc3n(n2)C[C@@](C)(C(=O)NC2CCCC2)N(C)C3=O)c1. The summed E-state index contributed by atoms with van der Waals surface area (Å²) in [6, 6.07) is 9.03. The van der Waals surface area contributed by atoms with Crippen molar-refractivity contribution in [3.63, 3.8) is 0 Å². The number of aromatic nitrogens is 2. The van der Waals surface area contributed by atoms with E-state index in [1.165, 1.54) is 15.6 Å². The molecule has 2 N–H and O–H groups in total. The van der Waals surface area contributed by atoms with Gasteiger partial charge in [-0.2, -0.15) is 5.10 Å². The minimum atomic E-state index is -1.08. The number of likely N-dealkylation sites (N-methyl/N-ethyl adjacent to an activating group) is 1. The number of amides is 3. The fourth-order valence-corrected chi connectivity index (χ4v) is 4.30. The maximum absolute atomic E-state index is 13.1. The van der Waals surface area contributed by atoms with Gasteiger partial charge in [-0.05, 0) is 37.5 Å². The van der Waals surface area contributed by atoms with Crippen LogP contribution in [0.5, 0.6) is 5.75 Å². The quantitative estimate of drug-likeness (QED) is 0.713. The Labute approximate surface area is 187 Å². The molecular weight excluding hydrogens is 410 g/mol. The monoisotopic (exact) mass is 439 g/mol. The normalized spacial score (nSPS) is 20.7. The predicted molar refractivity (Wildman–Crippen MR) is 117 cm³/mol. The molecule has 32 heavy (non-hydrogen) atoms. The lowest BCUT2D eigenvalue weighted by molar-refractivity contribution is -0.133. The number of carbonyl (C=O) groups is 3. The summed E-state index contributed by atoms with van der Waals surface area (Å²) in [7, 11) is 3.21. The van der Waals surface area contributed by atoms with Crippen molar-refractivity contribution in [3.05, 3.63) is 47.3 Å². The summed E-state index contributed by atoms with van der Waals surface area (Å²) in [6.07, 6.45) is 4.14. The summed E-state index contributed by atoms with van der Waals surface area (Å²) >= 11 is 0. The average Bonchev–Trinajstić information content (AvgIpc) is 3.46. The van der Waals surface area contributed by atoms with Crippen LogP contribution in [0.25, 0.3) is 0 Å². The fraction of sp³-hybridized carbons (Fsp3) is 0.478. The molecule has 2 aromatic rings. The molecule has 4 rings (SSSR count). The highest BCUT2D eigenvalue weighted by Crippen LogP contribution is 2.27. The highest BCUT2D eigenvalue weighted by molar-refractivity contribution is 6.01. The molecule has 1 aromatic carbocycles. The first-order valence-corrected chi connectivity index (χ1v) is 10.9. The fourth-order valence-electron chi connectivity index (χ4n) is 4.30. The Bertz CT molecular complexity index is 1040. The molecule has 1 aliphatic heterocycles. The Kier molecular flexibility index (Phi) is 5.90. The molecule has 1 fully saturated rings. The molecule has 0 unspecified atom stereocenters. The lowest BCUT2D eigenvalue weighted by atomic mass is 9.95. The van der Waals surface area contributed by atoms with Crippen LogP contribution in [0.1, 0.15) is 59.1 Å². The Hall–Kier alpha value is -3.36. The summed E-state index contributed by atoms with van der Waals surface area (Å²) in [5.41, 5.74) is 0.247. The molecule has 0 spiro atoms. The van der Waals surface area contributed by atoms with Gasteiger partial charge in [-0.1, -0.05) is 25.0 Å². The second kappa shape index (κ2) is 8.64. The van der Waals surface area contributed by atoms with Crippen LogP contribution in [0.15, 0.2) is 30.3 Å². The van der Waals surface area contributed by atoms with Gasteiger partial charge in [0.15, 0.2) is 5.69 Å². The third-order valence-corrected chi connectivity index (χ3v) is 6.50. The Morgan fingerprint density at radius 1 is 1.25 bits per heavy atom. The summed E-state index contributed by atoms with van der Waals surface area (Å²) in [5, 5.41) is 10.2. The van der Waals surface area contributed by atoms with E-state index in [4.69, 9.17) is 4.74 Å². The van der Waals surface area contributed by atoms with Crippen LogP contribution in [-0.2, 0) is 17.9 Å². The van der Waals surface area contributed by atoms with E-state index >= 15 is 0 Å². The van der Waals surface area contributed by atoms with E-state index in [9.17, 15) is 14.4 Å². The predicted octanol–water partition coefficient (Wildman–Crippen LogP) is 1.72. The van der Waals surface area contributed by atoms with Crippen LogP contribution in [-0.4, -0.2) is 58.1 Å². The topological polar surface area (TPSA) is 106 Å². The zero-order valence-corrected chi connectivity index (χ0v) is 18.7. The Morgan fingerprint density at radius 2 is 2.00 bits per heavy atom. The van der Waals surface area contributed by atoms with Crippen LogP contribution in [0.2, 0.25) is 0 Å². The van der Waals surface area contributed by atoms with Gasteiger partial charge < -0.3 is 20.3 Å². The van der Waals surface area contributed by atoms with Crippen molar-refractivity contribution in [2.45, 2.75) is 57.3 Å². The highest BCUT2D eigenvalue weighted by Gasteiger charge is 2.46. The summed E-state index contributed by atoms with van der Waals surface area (Å²) < 4.78 is 6.67. The first-order chi connectivity index (χ1) is 15.3. The summed E-state index contributed by atoms with van der Waals surface area (Å²) in [5.74, 6) is -0.203. The van der Waals surface area contributed by atoms with Crippen molar-refractivity contribution in [2.75, 3.05) is 14.2 Å². The van der Waals surface area contributed by atoms with Crippen molar-refractivity contribution in [1.29, 1.82) is 0 Å². The molecule has 3 amide bonds. The summed E-state index contributed by atoms with van der Waals surface area (Å²) in [6.45, 7) is 2.22. The third-order valence-electron chi connectivity index (χ3n) is 6.50. The number of hydrogen-bond acceptors (Lipinski definition) is 5. The molecule has 9 heteroatoms. The smallest absolute Gasteiger partial charge is 0.272 e. The van der Waals surface area contributed by atoms with Crippen molar-refractivity contribution in [2.24, 2.45) is 0 Å². The number of methoxy groups -OCH3 is 1. The first kappa shape index (κ1) is 21.9. The summed E-state index contributed by atoms with van der Waals surface area (Å²) in [4.78, 5) is 40.2. The minimum absolute atomic E-state index is 0.144. The van der Waals surface area contributed by atoms with Crippen LogP contribution in [0, 0.1) is 0 Å². The van der Waals surface area contributed by atoms with Crippen LogP contribution >= 0.6 is 0 Å². The van der Waals surface area contributed by atoms with Gasteiger partial charge in [0.25, 0.3) is 11.8 Å². The molecule has 1 atom stereocenters. The van der Waals surface area contributed by atoms with Crippen LogP contribution in [0.4, 0.5) is 0 Å². The van der Waals surface area contributed by atoms with E-state index in [-0.39, 0.29) is 36.0 Å². The van der Waals surface area contributed by atoms with Crippen molar-refractivity contribution in [3.8, 4) is 5.75 Å². The van der Waals surface area contributed by atoms with Gasteiger partial charge in [0.2, 0.25) is 5.91 Å². The molecule has 0 radical (unpaired) electrons. The van der Waals surface area contributed by atoms with Crippen molar-refractivity contribution >= 4 is 17.7 Å². The maximum atomic E-state index is 13.1. The molecule has 2 aliphatic rings. The Morgan fingerprint density at radius 3 is 2.72 bits per heavy atom. The molecule has 1 saturated carbocycles. The van der Waals surface area contributed by atoms with Crippen LogP contribution < -0.4 is 15.4 Å². The average molecular weight is 440 g/mol. The van der Waals surface area contributed by atoms with Crippen LogP contribution in [0.3, 0.4) is 0 Å². The first-order valence-electron chi connectivity index (χ1n) is 10.9. The van der Waals surface area contributed by atoms with E-state index in [2.05, 4.69) is 15.7 Å². The van der Waals surface area contributed by atoms with Gasteiger partial charge in [0.1, 0.15) is 17.0 Å². The molecule has 2 heterocycles. The number of rotatable bonds is 6. The molecule has 9 nitrogen and oxygen atoms in total. The van der Waals surface area contributed by atoms with E-state index < -0.39 is 5.54 Å². The Balaban J connectivity index is 1.48. The molecule has 0 bridgehead atoms. The van der Waals surface area contributed by atoms with Gasteiger partial charge in [0.05, 0.1) is 13.7 Å².